The summed E-state index contributed by atoms with van der Waals surface area (Å²) in [5, 5.41) is 10.5. The lowest BCUT2D eigenvalue weighted by molar-refractivity contribution is 0.0339. The van der Waals surface area contributed by atoms with Gasteiger partial charge < -0.3 is 14.4 Å². The van der Waals surface area contributed by atoms with Crippen molar-refractivity contribution >= 4 is 11.0 Å². The first-order valence-corrected chi connectivity index (χ1v) is 9.42. The number of aliphatic hydroxyl groups excluding tert-OH is 1. The lowest BCUT2D eigenvalue weighted by Crippen LogP contribution is -2.50. The molecule has 2 unspecified atom stereocenters. The molecule has 0 saturated carbocycles. The second-order valence-corrected chi connectivity index (χ2v) is 7.28. The number of fused-ring (bicyclic) bond motifs is 1. The van der Waals surface area contributed by atoms with Crippen molar-refractivity contribution in [3.8, 4) is 0 Å². The SMILES string of the molecule is OC(CN1CCN(CC2CCCO2)CC1)Cn1cnc2ccccc21. The summed E-state index contributed by atoms with van der Waals surface area (Å²) in [6, 6.07) is 8.07. The maximum absolute atomic E-state index is 10.5. The first-order valence-electron chi connectivity index (χ1n) is 9.42. The third-order valence-electron chi connectivity index (χ3n) is 5.35. The standard InChI is InChI=1S/C19H28N4O2/c24-16(13-23-15-20-18-5-1-2-6-19(18)23)12-21-7-9-22(10-8-21)14-17-4-3-11-25-17/h1-2,5-6,15-17,24H,3-4,7-14H2. The molecule has 2 fully saturated rings. The van der Waals surface area contributed by atoms with Crippen LogP contribution in [0.5, 0.6) is 0 Å². The van der Waals surface area contributed by atoms with Gasteiger partial charge in [-0.05, 0) is 25.0 Å². The van der Waals surface area contributed by atoms with Gasteiger partial charge >= 0.3 is 0 Å². The summed E-state index contributed by atoms with van der Waals surface area (Å²) in [5.74, 6) is 0. The molecule has 25 heavy (non-hydrogen) atoms. The summed E-state index contributed by atoms with van der Waals surface area (Å²) >= 11 is 0. The van der Waals surface area contributed by atoms with E-state index < -0.39 is 0 Å². The van der Waals surface area contributed by atoms with Gasteiger partial charge in [0.15, 0.2) is 0 Å². The predicted molar refractivity (Wildman–Crippen MR) is 97.6 cm³/mol. The van der Waals surface area contributed by atoms with Crippen molar-refractivity contribution in [2.45, 2.75) is 31.6 Å². The van der Waals surface area contributed by atoms with Crippen LogP contribution in [0.25, 0.3) is 11.0 Å². The van der Waals surface area contributed by atoms with Crippen molar-refractivity contribution in [1.82, 2.24) is 19.4 Å². The number of β-amino-alcohol motifs (C(OH)–C–C–N with tert-alkyl or cyclic N) is 1. The lowest BCUT2D eigenvalue weighted by atomic mass is 10.2. The van der Waals surface area contributed by atoms with Gasteiger partial charge in [-0.1, -0.05) is 12.1 Å². The summed E-state index contributed by atoms with van der Waals surface area (Å²) in [6.45, 7) is 7.50. The van der Waals surface area contributed by atoms with E-state index in [9.17, 15) is 5.11 Å². The molecule has 1 aromatic carbocycles. The molecule has 136 valence electrons. The second-order valence-electron chi connectivity index (χ2n) is 7.28. The van der Waals surface area contributed by atoms with E-state index in [-0.39, 0.29) is 6.10 Å². The third-order valence-corrected chi connectivity index (χ3v) is 5.35. The molecule has 1 aromatic heterocycles. The molecule has 2 aliphatic rings. The third kappa shape index (κ3) is 4.20. The van der Waals surface area contributed by atoms with Crippen LogP contribution in [0.2, 0.25) is 0 Å². The molecule has 6 heteroatoms. The number of rotatable bonds is 6. The molecule has 0 amide bonds. The van der Waals surface area contributed by atoms with Gasteiger partial charge in [-0.2, -0.15) is 0 Å². The van der Waals surface area contributed by atoms with E-state index in [1.54, 1.807) is 0 Å². The van der Waals surface area contributed by atoms with Crippen LogP contribution in [0.4, 0.5) is 0 Å². The van der Waals surface area contributed by atoms with Crippen LogP contribution in [0.1, 0.15) is 12.8 Å². The van der Waals surface area contributed by atoms with E-state index in [1.165, 1.54) is 12.8 Å². The Morgan fingerprint density at radius 2 is 1.92 bits per heavy atom. The van der Waals surface area contributed by atoms with Gasteiger partial charge in [0.1, 0.15) is 0 Å². The summed E-state index contributed by atoms with van der Waals surface area (Å²) in [7, 11) is 0. The maximum atomic E-state index is 10.5. The van der Waals surface area contributed by atoms with Crippen molar-refractivity contribution in [1.29, 1.82) is 0 Å². The Morgan fingerprint density at radius 3 is 2.72 bits per heavy atom. The number of imidazole rings is 1. The van der Waals surface area contributed by atoms with Crippen LogP contribution in [0, 0.1) is 0 Å². The number of piperazine rings is 1. The summed E-state index contributed by atoms with van der Waals surface area (Å²) in [6.07, 6.45) is 4.30. The van der Waals surface area contributed by atoms with Gasteiger partial charge in [0.2, 0.25) is 0 Å². The normalized spacial score (nSPS) is 24.1. The van der Waals surface area contributed by atoms with E-state index in [0.29, 0.717) is 12.6 Å². The van der Waals surface area contributed by atoms with Crippen LogP contribution in [-0.2, 0) is 11.3 Å². The number of hydrogen-bond donors (Lipinski definition) is 1. The second kappa shape index (κ2) is 7.83. The number of nitrogens with zero attached hydrogens (tertiary/aromatic N) is 4. The fraction of sp³-hybridized carbons (Fsp3) is 0.632. The molecule has 0 aliphatic carbocycles. The highest BCUT2D eigenvalue weighted by molar-refractivity contribution is 5.74. The number of aromatic nitrogens is 2. The highest BCUT2D eigenvalue weighted by atomic mass is 16.5. The molecule has 6 nitrogen and oxygen atoms in total. The summed E-state index contributed by atoms with van der Waals surface area (Å²) in [5.41, 5.74) is 2.07. The van der Waals surface area contributed by atoms with Crippen LogP contribution >= 0.6 is 0 Å². The number of ether oxygens (including phenoxy) is 1. The zero-order chi connectivity index (χ0) is 17.1. The van der Waals surface area contributed by atoms with Crippen molar-refractivity contribution in [2.24, 2.45) is 0 Å². The van der Waals surface area contributed by atoms with Crippen LogP contribution in [0.3, 0.4) is 0 Å². The molecule has 3 heterocycles. The van der Waals surface area contributed by atoms with E-state index in [4.69, 9.17) is 4.74 Å². The van der Waals surface area contributed by atoms with Crippen LogP contribution < -0.4 is 0 Å². The maximum Gasteiger partial charge on any atom is 0.0959 e. The molecule has 2 aliphatic heterocycles. The topological polar surface area (TPSA) is 53.8 Å². The van der Waals surface area contributed by atoms with Crippen molar-refractivity contribution in [2.75, 3.05) is 45.9 Å². The van der Waals surface area contributed by atoms with Gasteiger partial charge in [-0.25, -0.2) is 4.98 Å². The van der Waals surface area contributed by atoms with E-state index >= 15 is 0 Å². The van der Waals surface area contributed by atoms with Crippen LogP contribution in [-0.4, -0.2) is 82.5 Å². The van der Waals surface area contributed by atoms with Gasteiger partial charge in [-0.3, -0.25) is 9.80 Å². The number of benzene rings is 1. The Labute approximate surface area is 149 Å². The molecule has 1 N–H and O–H groups in total. The number of aliphatic hydroxyl groups is 1. The van der Waals surface area contributed by atoms with Gasteiger partial charge in [0.25, 0.3) is 0 Å². The van der Waals surface area contributed by atoms with Crippen molar-refractivity contribution < 1.29 is 9.84 Å². The largest absolute Gasteiger partial charge is 0.390 e. The molecule has 2 saturated heterocycles. The van der Waals surface area contributed by atoms with Gasteiger partial charge in [0, 0.05) is 45.9 Å². The average Bonchev–Trinajstić information content (AvgIpc) is 3.27. The van der Waals surface area contributed by atoms with E-state index in [0.717, 1.165) is 56.9 Å². The molecule has 2 aromatic rings. The molecular weight excluding hydrogens is 316 g/mol. The van der Waals surface area contributed by atoms with E-state index in [2.05, 4.69) is 20.9 Å². The van der Waals surface area contributed by atoms with Gasteiger partial charge in [0.05, 0.1) is 36.1 Å². The van der Waals surface area contributed by atoms with E-state index in [1.807, 2.05) is 29.1 Å². The fourth-order valence-corrected chi connectivity index (χ4v) is 3.97. The zero-order valence-electron chi connectivity index (χ0n) is 14.8. The highest BCUT2D eigenvalue weighted by Gasteiger charge is 2.23. The minimum absolute atomic E-state index is 0.373. The molecule has 4 rings (SSSR count). The average molecular weight is 344 g/mol. The molecule has 0 radical (unpaired) electrons. The first kappa shape index (κ1) is 17.0. The number of hydrogen-bond acceptors (Lipinski definition) is 5. The smallest absolute Gasteiger partial charge is 0.0959 e. The molecule has 0 spiro atoms. The minimum atomic E-state index is -0.373. The fourth-order valence-electron chi connectivity index (χ4n) is 3.97. The predicted octanol–water partition coefficient (Wildman–Crippen LogP) is 1.19. The Morgan fingerprint density at radius 1 is 1.12 bits per heavy atom. The van der Waals surface area contributed by atoms with Gasteiger partial charge in [-0.15, -0.1) is 0 Å². The summed E-state index contributed by atoms with van der Waals surface area (Å²) in [4.78, 5) is 9.27. The van der Waals surface area contributed by atoms with Crippen molar-refractivity contribution in [3.05, 3.63) is 30.6 Å². The Kier molecular flexibility index (Phi) is 5.31. The minimum Gasteiger partial charge on any atom is -0.390 e. The van der Waals surface area contributed by atoms with Crippen molar-refractivity contribution in [3.63, 3.8) is 0 Å². The first-order chi connectivity index (χ1) is 12.3. The Balaban J connectivity index is 1.24. The number of para-hydroxylation sites is 2. The molecule has 0 bridgehead atoms. The molecular formula is C19H28N4O2. The monoisotopic (exact) mass is 344 g/mol. The lowest BCUT2D eigenvalue weighted by Gasteiger charge is -2.36. The zero-order valence-corrected chi connectivity index (χ0v) is 14.8. The quantitative estimate of drug-likeness (QED) is 0.853. The highest BCUT2D eigenvalue weighted by Crippen LogP contribution is 2.15. The Hall–Kier alpha value is -1.47. The Bertz CT molecular complexity index is 675. The molecule has 2 atom stereocenters. The summed E-state index contributed by atoms with van der Waals surface area (Å²) < 4.78 is 7.79. The van der Waals surface area contributed by atoms with Crippen LogP contribution in [0.15, 0.2) is 30.6 Å².